The maximum absolute atomic E-state index is 14.0. The number of sulfonamides is 1. The summed E-state index contributed by atoms with van der Waals surface area (Å²) >= 11 is 0. The summed E-state index contributed by atoms with van der Waals surface area (Å²) in [7, 11) is -2.55. The van der Waals surface area contributed by atoms with E-state index < -0.39 is 15.8 Å². The zero-order chi connectivity index (χ0) is 15.6. The Morgan fingerprint density at radius 1 is 1.29 bits per heavy atom. The van der Waals surface area contributed by atoms with Crippen molar-refractivity contribution < 1.29 is 17.2 Å². The molecule has 114 valence electrons. The average Bonchev–Trinajstić information content (AvgIpc) is 2.83. The van der Waals surface area contributed by atoms with Gasteiger partial charge in [0.05, 0.1) is 6.54 Å². The molecule has 21 heavy (non-hydrogen) atoms. The zero-order valence-corrected chi connectivity index (χ0v) is 12.7. The Labute approximate surface area is 123 Å². The molecule has 1 aromatic heterocycles. The van der Waals surface area contributed by atoms with E-state index in [1.165, 1.54) is 19.2 Å². The van der Waals surface area contributed by atoms with Crippen molar-refractivity contribution in [3.05, 3.63) is 53.2 Å². The minimum Gasteiger partial charge on any atom is -0.465 e. The molecule has 0 radical (unpaired) electrons. The third-order valence-corrected chi connectivity index (χ3v) is 4.93. The number of halogens is 1. The first-order valence-corrected chi connectivity index (χ1v) is 7.78. The standard InChI is InChI=1S/C14H17FN2O3S/c1-10-3-5-12(20-10)9-17(2)21(18,19)14-6-4-11(8-16)7-13(14)15/h3-7H,8-9,16H2,1-2H3. The van der Waals surface area contributed by atoms with Gasteiger partial charge in [-0.1, -0.05) is 6.07 Å². The number of rotatable bonds is 5. The minimum atomic E-state index is -3.93. The Morgan fingerprint density at radius 2 is 2.00 bits per heavy atom. The fourth-order valence-electron chi connectivity index (χ4n) is 1.92. The van der Waals surface area contributed by atoms with Gasteiger partial charge in [-0.3, -0.25) is 0 Å². The van der Waals surface area contributed by atoms with E-state index in [1.807, 2.05) is 0 Å². The molecule has 2 aromatic rings. The molecular formula is C14H17FN2O3S. The highest BCUT2D eigenvalue weighted by molar-refractivity contribution is 7.89. The molecule has 1 heterocycles. The van der Waals surface area contributed by atoms with Crippen molar-refractivity contribution in [1.29, 1.82) is 0 Å². The van der Waals surface area contributed by atoms with Gasteiger partial charge in [-0.25, -0.2) is 12.8 Å². The van der Waals surface area contributed by atoms with Crippen molar-refractivity contribution in [1.82, 2.24) is 4.31 Å². The van der Waals surface area contributed by atoms with E-state index in [2.05, 4.69) is 0 Å². The van der Waals surface area contributed by atoms with Gasteiger partial charge < -0.3 is 10.2 Å². The molecule has 0 bridgehead atoms. The lowest BCUT2D eigenvalue weighted by molar-refractivity contribution is 0.395. The van der Waals surface area contributed by atoms with Crippen molar-refractivity contribution in [2.24, 2.45) is 5.73 Å². The summed E-state index contributed by atoms with van der Waals surface area (Å²) in [6.45, 7) is 1.95. The molecule has 0 aliphatic carbocycles. The summed E-state index contributed by atoms with van der Waals surface area (Å²) in [6, 6.07) is 7.30. The van der Waals surface area contributed by atoms with E-state index >= 15 is 0 Å². The number of aryl methyl sites for hydroxylation is 1. The topological polar surface area (TPSA) is 76.5 Å². The van der Waals surface area contributed by atoms with Crippen LogP contribution in [0.25, 0.3) is 0 Å². The fourth-order valence-corrected chi connectivity index (χ4v) is 3.10. The van der Waals surface area contributed by atoms with Gasteiger partial charge in [0.2, 0.25) is 10.0 Å². The second-order valence-electron chi connectivity index (χ2n) is 4.74. The van der Waals surface area contributed by atoms with Crippen molar-refractivity contribution in [3.63, 3.8) is 0 Å². The number of nitrogens with zero attached hydrogens (tertiary/aromatic N) is 1. The molecule has 2 rings (SSSR count). The van der Waals surface area contributed by atoms with E-state index in [0.29, 0.717) is 17.1 Å². The van der Waals surface area contributed by atoms with Gasteiger partial charge in [0.1, 0.15) is 22.2 Å². The van der Waals surface area contributed by atoms with Gasteiger partial charge in [-0.15, -0.1) is 0 Å². The molecule has 0 saturated carbocycles. The van der Waals surface area contributed by atoms with Crippen LogP contribution in [0.4, 0.5) is 4.39 Å². The number of nitrogens with two attached hydrogens (primary N) is 1. The third kappa shape index (κ3) is 3.31. The number of hydrogen-bond acceptors (Lipinski definition) is 4. The quantitative estimate of drug-likeness (QED) is 0.916. The van der Waals surface area contributed by atoms with Gasteiger partial charge in [0, 0.05) is 13.6 Å². The average molecular weight is 312 g/mol. The first kappa shape index (κ1) is 15.7. The number of hydrogen-bond donors (Lipinski definition) is 1. The van der Waals surface area contributed by atoms with Crippen LogP contribution >= 0.6 is 0 Å². The van der Waals surface area contributed by atoms with E-state index in [-0.39, 0.29) is 18.0 Å². The van der Waals surface area contributed by atoms with E-state index in [9.17, 15) is 12.8 Å². The summed E-state index contributed by atoms with van der Waals surface area (Å²) in [5.74, 6) is 0.382. The molecule has 0 aliphatic heterocycles. The van der Waals surface area contributed by atoms with Crippen LogP contribution in [0, 0.1) is 12.7 Å². The van der Waals surface area contributed by atoms with Gasteiger partial charge in [-0.2, -0.15) is 4.31 Å². The van der Waals surface area contributed by atoms with Crippen molar-refractivity contribution >= 4 is 10.0 Å². The molecular weight excluding hydrogens is 295 g/mol. The second kappa shape index (κ2) is 5.97. The van der Waals surface area contributed by atoms with Gasteiger partial charge in [0.25, 0.3) is 0 Å². The molecule has 5 nitrogen and oxygen atoms in total. The molecule has 1 aromatic carbocycles. The largest absolute Gasteiger partial charge is 0.465 e. The SMILES string of the molecule is Cc1ccc(CN(C)S(=O)(=O)c2ccc(CN)cc2F)o1. The minimum absolute atomic E-state index is 0.0360. The summed E-state index contributed by atoms with van der Waals surface area (Å²) in [4.78, 5) is -0.370. The number of benzene rings is 1. The van der Waals surface area contributed by atoms with Crippen LogP contribution in [0.5, 0.6) is 0 Å². The van der Waals surface area contributed by atoms with Crippen molar-refractivity contribution in [3.8, 4) is 0 Å². The zero-order valence-electron chi connectivity index (χ0n) is 11.8. The monoisotopic (exact) mass is 312 g/mol. The summed E-state index contributed by atoms with van der Waals surface area (Å²) in [5.41, 5.74) is 5.94. The molecule has 0 atom stereocenters. The van der Waals surface area contributed by atoms with E-state index in [0.717, 1.165) is 10.4 Å². The van der Waals surface area contributed by atoms with Crippen LogP contribution in [0.15, 0.2) is 39.6 Å². The summed E-state index contributed by atoms with van der Waals surface area (Å²) in [6.07, 6.45) is 0. The molecule has 0 aliphatic rings. The fraction of sp³-hybridized carbons (Fsp3) is 0.286. The van der Waals surface area contributed by atoms with Crippen molar-refractivity contribution in [2.75, 3.05) is 7.05 Å². The first-order chi connectivity index (χ1) is 9.84. The lowest BCUT2D eigenvalue weighted by Crippen LogP contribution is -2.27. The van der Waals surface area contributed by atoms with Gasteiger partial charge in [-0.05, 0) is 36.8 Å². The Kier molecular flexibility index (Phi) is 4.46. The van der Waals surface area contributed by atoms with Gasteiger partial charge in [0.15, 0.2) is 0 Å². The molecule has 7 heteroatoms. The van der Waals surface area contributed by atoms with Crippen LogP contribution in [0.3, 0.4) is 0 Å². The van der Waals surface area contributed by atoms with Gasteiger partial charge >= 0.3 is 0 Å². The Morgan fingerprint density at radius 3 is 2.52 bits per heavy atom. The summed E-state index contributed by atoms with van der Waals surface area (Å²) in [5, 5.41) is 0. The van der Waals surface area contributed by atoms with Crippen LogP contribution in [-0.4, -0.2) is 19.8 Å². The van der Waals surface area contributed by atoms with E-state index in [4.69, 9.17) is 10.2 Å². The Balaban J connectivity index is 2.28. The summed E-state index contributed by atoms with van der Waals surface area (Å²) < 4.78 is 45.1. The highest BCUT2D eigenvalue weighted by Crippen LogP contribution is 2.21. The molecule has 2 N–H and O–H groups in total. The van der Waals surface area contributed by atoms with E-state index in [1.54, 1.807) is 19.1 Å². The highest BCUT2D eigenvalue weighted by Gasteiger charge is 2.25. The maximum Gasteiger partial charge on any atom is 0.246 e. The Bertz CT molecular complexity index is 740. The molecule has 0 amide bonds. The normalized spacial score (nSPS) is 12.0. The van der Waals surface area contributed by atoms with Crippen LogP contribution in [-0.2, 0) is 23.1 Å². The highest BCUT2D eigenvalue weighted by atomic mass is 32.2. The Hall–Kier alpha value is -1.70. The second-order valence-corrected chi connectivity index (χ2v) is 6.76. The van der Waals surface area contributed by atoms with Crippen LogP contribution in [0.1, 0.15) is 17.1 Å². The van der Waals surface area contributed by atoms with Crippen molar-refractivity contribution in [2.45, 2.75) is 24.9 Å². The molecule has 0 spiro atoms. The van der Waals surface area contributed by atoms with Crippen LogP contribution < -0.4 is 5.73 Å². The predicted molar refractivity (Wildman–Crippen MR) is 76.4 cm³/mol. The molecule has 0 saturated heterocycles. The number of furan rings is 1. The van der Waals surface area contributed by atoms with Crippen LogP contribution in [0.2, 0.25) is 0 Å². The lowest BCUT2D eigenvalue weighted by Gasteiger charge is -2.16. The molecule has 0 unspecified atom stereocenters. The smallest absolute Gasteiger partial charge is 0.246 e. The molecule has 0 fully saturated rings. The maximum atomic E-state index is 14.0. The lowest BCUT2D eigenvalue weighted by atomic mass is 10.2. The predicted octanol–water partition coefficient (Wildman–Crippen LogP) is 2.01. The first-order valence-electron chi connectivity index (χ1n) is 6.34. The third-order valence-electron chi connectivity index (χ3n) is 3.09.